The Balaban J connectivity index is 2.26. The summed E-state index contributed by atoms with van der Waals surface area (Å²) in [6.45, 7) is 0.581. The lowest BCUT2D eigenvalue weighted by molar-refractivity contribution is 0.100. The highest BCUT2D eigenvalue weighted by Gasteiger charge is 2.05. The Labute approximate surface area is 92.7 Å². The molecular weight excluding hydrogens is 204 g/mol. The molecule has 82 valence electrons. The third-order valence-corrected chi connectivity index (χ3v) is 2.32. The summed E-state index contributed by atoms with van der Waals surface area (Å²) >= 11 is 0. The predicted molar refractivity (Wildman–Crippen MR) is 60.7 cm³/mol. The second-order valence-corrected chi connectivity index (χ2v) is 3.48. The molecule has 0 aliphatic carbocycles. The summed E-state index contributed by atoms with van der Waals surface area (Å²) in [7, 11) is 0. The van der Waals surface area contributed by atoms with Gasteiger partial charge in [-0.1, -0.05) is 6.07 Å². The van der Waals surface area contributed by atoms with Crippen molar-refractivity contribution >= 4 is 11.6 Å². The zero-order chi connectivity index (χ0) is 11.5. The molecule has 5 heteroatoms. The first-order valence-electron chi connectivity index (χ1n) is 4.82. The Hall–Kier alpha value is -2.30. The topological polar surface area (TPSA) is 86.9 Å². The number of anilines is 1. The molecule has 0 radical (unpaired) electrons. The number of aromatic nitrogens is 2. The van der Waals surface area contributed by atoms with E-state index in [-0.39, 0.29) is 0 Å². The van der Waals surface area contributed by atoms with E-state index in [0.29, 0.717) is 17.8 Å². The van der Waals surface area contributed by atoms with E-state index in [1.807, 2.05) is 12.3 Å². The van der Waals surface area contributed by atoms with Crippen LogP contribution in [0.5, 0.6) is 0 Å². The first kappa shape index (κ1) is 10.2. The number of amides is 1. The third-order valence-electron chi connectivity index (χ3n) is 2.32. The largest absolute Gasteiger partial charge is 0.398 e. The van der Waals surface area contributed by atoms with E-state index in [1.54, 1.807) is 29.1 Å². The molecule has 1 aromatic heterocycles. The number of nitrogens with zero attached hydrogens (tertiary/aromatic N) is 2. The van der Waals surface area contributed by atoms with Gasteiger partial charge in [0.25, 0.3) is 0 Å². The fraction of sp³-hybridized carbons (Fsp3) is 0.0909. The Bertz CT molecular complexity index is 505. The van der Waals surface area contributed by atoms with E-state index >= 15 is 0 Å². The van der Waals surface area contributed by atoms with Crippen molar-refractivity contribution in [1.29, 1.82) is 0 Å². The van der Waals surface area contributed by atoms with Crippen molar-refractivity contribution in [3.63, 3.8) is 0 Å². The van der Waals surface area contributed by atoms with Gasteiger partial charge in [0.1, 0.15) is 0 Å². The molecule has 0 unspecified atom stereocenters. The molecule has 0 aliphatic rings. The lowest BCUT2D eigenvalue weighted by atomic mass is 10.1. The number of nitrogens with two attached hydrogens (primary N) is 2. The van der Waals surface area contributed by atoms with Gasteiger partial charge in [0, 0.05) is 23.6 Å². The van der Waals surface area contributed by atoms with E-state index in [0.717, 1.165) is 5.56 Å². The molecule has 4 N–H and O–H groups in total. The molecule has 0 aliphatic heterocycles. The maximum absolute atomic E-state index is 10.9. The highest BCUT2D eigenvalue weighted by atomic mass is 16.1. The molecule has 0 atom stereocenters. The van der Waals surface area contributed by atoms with Gasteiger partial charge in [0.15, 0.2) is 0 Å². The standard InChI is InChI=1S/C11H12N4O/c12-10-6-8(11(13)16)2-3-9(10)7-15-5-1-4-14-15/h1-6H,7,12H2,(H2,13,16). The summed E-state index contributed by atoms with van der Waals surface area (Å²) in [4.78, 5) is 10.9. The van der Waals surface area contributed by atoms with E-state index in [1.165, 1.54) is 0 Å². The molecule has 2 aromatic rings. The van der Waals surface area contributed by atoms with Gasteiger partial charge in [0.05, 0.1) is 6.54 Å². The van der Waals surface area contributed by atoms with Crippen LogP contribution in [0.2, 0.25) is 0 Å². The molecule has 2 rings (SSSR count). The number of benzene rings is 1. The van der Waals surface area contributed by atoms with Crippen LogP contribution in [0.25, 0.3) is 0 Å². The van der Waals surface area contributed by atoms with Crippen LogP contribution in [-0.4, -0.2) is 15.7 Å². The molecule has 0 fully saturated rings. The van der Waals surface area contributed by atoms with Crippen LogP contribution in [0.4, 0.5) is 5.69 Å². The summed E-state index contributed by atoms with van der Waals surface area (Å²) in [6, 6.07) is 6.88. The van der Waals surface area contributed by atoms with Gasteiger partial charge >= 0.3 is 0 Å². The van der Waals surface area contributed by atoms with Crippen molar-refractivity contribution in [1.82, 2.24) is 9.78 Å². The minimum absolute atomic E-state index is 0.418. The fourth-order valence-electron chi connectivity index (χ4n) is 1.46. The Kier molecular flexibility index (Phi) is 2.59. The number of carbonyl (C=O) groups excluding carboxylic acids is 1. The average molecular weight is 216 g/mol. The van der Waals surface area contributed by atoms with Crippen LogP contribution in [-0.2, 0) is 6.54 Å². The highest BCUT2D eigenvalue weighted by molar-refractivity contribution is 5.93. The zero-order valence-corrected chi connectivity index (χ0v) is 8.63. The minimum Gasteiger partial charge on any atom is -0.398 e. The summed E-state index contributed by atoms with van der Waals surface area (Å²) < 4.78 is 1.76. The molecular formula is C11H12N4O. The first-order valence-corrected chi connectivity index (χ1v) is 4.82. The van der Waals surface area contributed by atoms with Crippen LogP contribution in [0.15, 0.2) is 36.7 Å². The van der Waals surface area contributed by atoms with E-state index in [2.05, 4.69) is 5.10 Å². The van der Waals surface area contributed by atoms with E-state index in [9.17, 15) is 4.79 Å². The number of nitrogen functional groups attached to an aromatic ring is 1. The van der Waals surface area contributed by atoms with Crippen molar-refractivity contribution in [2.75, 3.05) is 5.73 Å². The molecule has 1 aromatic carbocycles. The molecule has 1 amide bonds. The predicted octanol–water partition coefficient (Wildman–Crippen LogP) is 0.612. The fourth-order valence-corrected chi connectivity index (χ4v) is 1.46. The number of primary amides is 1. The van der Waals surface area contributed by atoms with Crippen molar-refractivity contribution in [3.8, 4) is 0 Å². The van der Waals surface area contributed by atoms with Crippen LogP contribution in [0, 0.1) is 0 Å². The van der Waals surface area contributed by atoms with Gasteiger partial charge < -0.3 is 11.5 Å². The van der Waals surface area contributed by atoms with Crippen LogP contribution >= 0.6 is 0 Å². The molecule has 1 heterocycles. The average Bonchev–Trinajstić information content (AvgIpc) is 2.73. The Morgan fingerprint density at radius 3 is 2.81 bits per heavy atom. The van der Waals surface area contributed by atoms with Gasteiger partial charge in [0.2, 0.25) is 5.91 Å². The Morgan fingerprint density at radius 2 is 2.25 bits per heavy atom. The maximum Gasteiger partial charge on any atom is 0.248 e. The van der Waals surface area contributed by atoms with Crippen molar-refractivity contribution < 1.29 is 4.79 Å². The first-order chi connectivity index (χ1) is 7.66. The smallest absolute Gasteiger partial charge is 0.248 e. The maximum atomic E-state index is 10.9. The molecule has 0 saturated carbocycles. The van der Waals surface area contributed by atoms with E-state index in [4.69, 9.17) is 11.5 Å². The number of carbonyl (C=O) groups is 1. The third kappa shape index (κ3) is 2.03. The van der Waals surface area contributed by atoms with Crippen molar-refractivity contribution in [2.45, 2.75) is 6.54 Å². The lowest BCUT2D eigenvalue weighted by Crippen LogP contribution is -2.12. The minimum atomic E-state index is -0.475. The molecule has 0 bridgehead atoms. The van der Waals surface area contributed by atoms with Gasteiger partial charge in [-0.05, 0) is 23.8 Å². The number of rotatable bonds is 3. The second-order valence-electron chi connectivity index (χ2n) is 3.48. The zero-order valence-electron chi connectivity index (χ0n) is 8.63. The van der Waals surface area contributed by atoms with Gasteiger partial charge in [-0.3, -0.25) is 9.48 Å². The summed E-state index contributed by atoms with van der Waals surface area (Å²) in [6.07, 6.45) is 3.55. The van der Waals surface area contributed by atoms with Crippen LogP contribution < -0.4 is 11.5 Å². The summed E-state index contributed by atoms with van der Waals surface area (Å²) in [5, 5.41) is 4.08. The van der Waals surface area contributed by atoms with Crippen molar-refractivity contribution in [3.05, 3.63) is 47.8 Å². The molecule has 16 heavy (non-hydrogen) atoms. The van der Waals surface area contributed by atoms with Crippen molar-refractivity contribution in [2.24, 2.45) is 5.73 Å². The highest BCUT2D eigenvalue weighted by Crippen LogP contribution is 2.15. The quantitative estimate of drug-likeness (QED) is 0.737. The monoisotopic (exact) mass is 216 g/mol. The van der Waals surface area contributed by atoms with Gasteiger partial charge in [-0.15, -0.1) is 0 Å². The number of hydrogen-bond donors (Lipinski definition) is 2. The molecule has 0 saturated heterocycles. The Morgan fingerprint density at radius 1 is 1.44 bits per heavy atom. The summed E-state index contributed by atoms with van der Waals surface area (Å²) in [5.41, 5.74) is 12.9. The molecule has 5 nitrogen and oxygen atoms in total. The normalized spacial score (nSPS) is 10.2. The second kappa shape index (κ2) is 4.06. The van der Waals surface area contributed by atoms with Crippen LogP contribution in [0.3, 0.4) is 0 Å². The summed E-state index contributed by atoms with van der Waals surface area (Å²) in [5.74, 6) is -0.475. The number of hydrogen-bond acceptors (Lipinski definition) is 3. The SMILES string of the molecule is NC(=O)c1ccc(Cn2cccn2)c(N)c1. The molecule has 0 spiro atoms. The van der Waals surface area contributed by atoms with Crippen LogP contribution in [0.1, 0.15) is 15.9 Å². The lowest BCUT2D eigenvalue weighted by Gasteiger charge is -2.07. The van der Waals surface area contributed by atoms with Gasteiger partial charge in [-0.2, -0.15) is 5.10 Å². The van der Waals surface area contributed by atoms with E-state index < -0.39 is 5.91 Å². The van der Waals surface area contributed by atoms with Gasteiger partial charge in [-0.25, -0.2) is 0 Å².